The molecule has 2 aliphatic heterocycles. The van der Waals surface area contributed by atoms with E-state index in [1.54, 1.807) is 32.4 Å². The first-order valence-electron chi connectivity index (χ1n) is 9.50. The maximum Gasteiger partial charge on any atom is 0.254 e. The topological polar surface area (TPSA) is 57.2 Å². The number of hydrogen-bond donors (Lipinski definition) is 0. The summed E-state index contributed by atoms with van der Waals surface area (Å²) in [5.74, 6) is 1.95. The van der Waals surface area contributed by atoms with E-state index in [0.717, 1.165) is 24.2 Å². The second-order valence-electron chi connectivity index (χ2n) is 7.24. The van der Waals surface area contributed by atoms with Crippen LogP contribution in [0.15, 0.2) is 42.5 Å². The van der Waals surface area contributed by atoms with Gasteiger partial charge in [0.05, 0.1) is 34.0 Å². The minimum atomic E-state index is -0.420. The largest absolute Gasteiger partial charge is 0.493 e. The normalized spacial score (nSPS) is 18.0. The van der Waals surface area contributed by atoms with Gasteiger partial charge in [-0.3, -0.25) is 4.79 Å². The molecule has 6 nitrogen and oxygen atoms in total. The molecule has 2 aliphatic rings. The fraction of sp³-hybridized carbons (Fsp3) is 0.409. The molecule has 0 unspecified atom stereocenters. The lowest BCUT2D eigenvalue weighted by molar-refractivity contribution is -0.0550. The van der Waals surface area contributed by atoms with Crippen molar-refractivity contribution in [1.82, 2.24) is 4.90 Å². The van der Waals surface area contributed by atoms with E-state index in [0.29, 0.717) is 43.4 Å². The number of carbonyl (C=O) groups is 1. The molecule has 0 bridgehead atoms. The lowest BCUT2D eigenvalue weighted by Crippen LogP contribution is -2.50. The quantitative estimate of drug-likeness (QED) is 0.814. The first-order valence-corrected chi connectivity index (χ1v) is 9.50. The van der Waals surface area contributed by atoms with Crippen molar-refractivity contribution in [2.45, 2.75) is 25.0 Å². The molecule has 0 aliphatic carbocycles. The highest BCUT2D eigenvalue weighted by atomic mass is 16.5. The van der Waals surface area contributed by atoms with Crippen LogP contribution < -0.4 is 14.2 Å². The monoisotopic (exact) mass is 383 g/mol. The van der Waals surface area contributed by atoms with Crippen LogP contribution in [-0.4, -0.2) is 50.4 Å². The molecule has 0 N–H and O–H groups in total. The molecule has 1 fully saturated rings. The van der Waals surface area contributed by atoms with Gasteiger partial charge in [0.2, 0.25) is 0 Å². The molecule has 0 radical (unpaired) electrons. The number of benzene rings is 2. The Morgan fingerprint density at radius 1 is 1.04 bits per heavy atom. The van der Waals surface area contributed by atoms with Gasteiger partial charge < -0.3 is 23.8 Å². The van der Waals surface area contributed by atoms with Gasteiger partial charge in [0.25, 0.3) is 5.91 Å². The van der Waals surface area contributed by atoms with Crippen molar-refractivity contribution >= 4 is 5.91 Å². The van der Waals surface area contributed by atoms with E-state index in [-0.39, 0.29) is 5.91 Å². The molecule has 1 amide bonds. The number of ether oxygens (including phenoxy) is 4. The van der Waals surface area contributed by atoms with Gasteiger partial charge in [0, 0.05) is 30.5 Å². The zero-order valence-electron chi connectivity index (χ0n) is 16.3. The van der Waals surface area contributed by atoms with Crippen LogP contribution in [-0.2, 0) is 11.3 Å². The SMILES string of the molecule is COc1ccc(C(=O)N2Cc3ccccc3OC3(CCOCC3)C2)cc1OC. The van der Waals surface area contributed by atoms with Crippen LogP contribution in [0.1, 0.15) is 28.8 Å². The van der Waals surface area contributed by atoms with Crippen LogP contribution in [0.5, 0.6) is 17.2 Å². The first kappa shape index (κ1) is 18.6. The standard InChI is InChI=1S/C22H25NO5/c1-25-19-8-7-16(13-20(19)26-2)21(24)23-14-17-5-3-4-6-18(17)28-22(15-23)9-11-27-12-10-22/h3-8,13H,9-12,14-15H2,1-2H3. The van der Waals surface area contributed by atoms with Crippen LogP contribution in [0.2, 0.25) is 0 Å². The second-order valence-corrected chi connectivity index (χ2v) is 7.24. The third kappa shape index (κ3) is 3.52. The van der Waals surface area contributed by atoms with Gasteiger partial charge >= 0.3 is 0 Å². The fourth-order valence-corrected chi connectivity index (χ4v) is 3.91. The third-order valence-electron chi connectivity index (χ3n) is 5.46. The summed E-state index contributed by atoms with van der Waals surface area (Å²) in [5.41, 5.74) is 1.16. The summed E-state index contributed by atoms with van der Waals surface area (Å²) >= 11 is 0. The molecule has 148 valence electrons. The highest BCUT2D eigenvalue weighted by Crippen LogP contribution is 2.36. The Balaban J connectivity index is 1.68. The molecule has 1 saturated heterocycles. The smallest absolute Gasteiger partial charge is 0.254 e. The van der Waals surface area contributed by atoms with Gasteiger partial charge in [-0.25, -0.2) is 0 Å². The highest BCUT2D eigenvalue weighted by Gasteiger charge is 2.41. The summed E-state index contributed by atoms with van der Waals surface area (Å²) in [6, 6.07) is 13.2. The maximum atomic E-state index is 13.4. The average Bonchev–Trinajstić information content (AvgIpc) is 2.89. The Morgan fingerprint density at radius 2 is 1.79 bits per heavy atom. The zero-order chi connectivity index (χ0) is 19.6. The summed E-state index contributed by atoms with van der Waals surface area (Å²) in [7, 11) is 3.15. The molecule has 2 heterocycles. The van der Waals surface area contributed by atoms with Crippen LogP contribution >= 0.6 is 0 Å². The van der Waals surface area contributed by atoms with Crippen molar-refractivity contribution in [3.63, 3.8) is 0 Å². The first-order chi connectivity index (χ1) is 13.6. The van der Waals surface area contributed by atoms with Crippen LogP contribution in [0.25, 0.3) is 0 Å². The minimum absolute atomic E-state index is 0.0490. The lowest BCUT2D eigenvalue weighted by Gasteiger charge is -2.39. The maximum absolute atomic E-state index is 13.4. The Kier molecular flexibility index (Phi) is 5.13. The van der Waals surface area contributed by atoms with E-state index in [1.165, 1.54) is 0 Å². The number of para-hydroxylation sites is 1. The lowest BCUT2D eigenvalue weighted by atomic mass is 9.93. The van der Waals surface area contributed by atoms with Crippen LogP contribution in [0.3, 0.4) is 0 Å². The molecule has 1 spiro atoms. The van der Waals surface area contributed by atoms with E-state index < -0.39 is 5.60 Å². The summed E-state index contributed by atoms with van der Waals surface area (Å²) in [6.45, 7) is 2.31. The van der Waals surface area contributed by atoms with E-state index in [4.69, 9.17) is 18.9 Å². The molecule has 2 aromatic rings. The summed E-state index contributed by atoms with van der Waals surface area (Å²) < 4.78 is 22.7. The van der Waals surface area contributed by atoms with Crippen molar-refractivity contribution in [2.24, 2.45) is 0 Å². The zero-order valence-corrected chi connectivity index (χ0v) is 16.3. The molecule has 0 atom stereocenters. The van der Waals surface area contributed by atoms with Crippen LogP contribution in [0.4, 0.5) is 0 Å². The number of hydrogen-bond acceptors (Lipinski definition) is 5. The number of nitrogens with zero attached hydrogens (tertiary/aromatic N) is 1. The van der Waals surface area contributed by atoms with E-state index in [9.17, 15) is 4.79 Å². The summed E-state index contributed by atoms with van der Waals surface area (Å²) in [5, 5.41) is 0. The molecule has 4 rings (SSSR count). The predicted molar refractivity (Wildman–Crippen MR) is 104 cm³/mol. The molecular weight excluding hydrogens is 358 g/mol. The van der Waals surface area contributed by atoms with E-state index >= 15 is 0 Å². The van der Waals surface area contributed by atoms with Crippen LogP contribution in [0, 0.1) is 0 Å². The Morgan fingerprint density at radius 3 is 2.54 bits per heavy atom. The summed E-state index contributed by atoms with van der Waals surface area (Å²) in [4.78, 5) is 15.3. The summed E-state index contributed by atoms with van der Waals surface area (Å²) in [6.07, 6.45) is 1.52. The predicted octanol–water partition coefficient (Wildman–Crippen LogP) is 3.29. The average molecular weight is 383 g/mol. The molecule has 0 aromatic heterocycles. The van der Waals surface area contributed by atoms with Gasteiger partial charge in [-0.2, -0.15) is 0 Å². The number of carbonyl (C=O) groups excluding carboxylic acids is 1. The van der Waals surface area contributed by atoms with Crippen molar-refractivity contribution in [2.75, 3.05) is 34.0 Å². The van der Waals surface area contributed by atoms with Crippen molar-refractivity contribution in [1.29, 1.82) is 0 Å². The Labute approximate surface area is 165 Å². The Bertz CT molecular complexity index is 860. The molecule has 6 heteroatoms. The van der Waals surface area contributed by atoms with Gasteiger partial charge in [0.1, 0.15) is 11.4 Å². The van der Waals surface area contributed by atoms with Gasteiger partial charge in [-0.05, 0) is 24.3 Å². The van der Waals surface area contributed by atoms with Crippen molar-refractivity contribution in [3.8, 4) is 17.2 Å². The molecule has 28 heavy (non-hydrogen) atoms. The molecule has 0 saturated carbocycles. The molecular formula is C22H25NO5. The number of methoxy groups -OCH3 is 2. The van der Waals surface area contributed by atoms with E-state index in [1.807, 2.05) is 29.2 Å². The van der Waals surface area contributed by atoms with Gasteiger partial charge in [-0.15, -0.1) is 0 Å². The number of amides is 1. The number of fused-ring (bicyclic) bond motifs is 1. The third-order valence-corrected chi connectivity index (χ3v) is 5.46. The van der Waals surface area contributed by atoms with Crippen molar-refractivity contribution < 1.29 is 23.7 Å². The number of rotatable bonds is 3. The van der Waals surface area contributed by atoms with Gasteiger partial charge in [0.15, 0.2) is 11.5 Å². The van der Waals surface area contributed by atoms with Gasteiger partial charge in [-0.1, -0.05) is 18.2 Å². The van der Waals surface area contributed by atoms with E-state index in [2.05, 4.69) is 0 Å². The highest BCUT2D eigenvalue weighted by molar-refractivity contribution is 5.95. The fourth-order valence-electron chi connectivity index (χ4n) is 3.91. The Hall–Kier alpha value is -2.73. The molecule has 2 aromatic carbocycles. The minimum Gasteiger partial charge on any atom is -0.493 e. The van der Waals surface area contributed by atoms with Crippen molar-refractivity contribution in [3.05, 3.63) is 53.6 Å². The second kappa shape index (κ2) is 7.72.